The zero-order chi connectivity index (χ0) is 25.9. The van der Waals surface area contributed by atoms with E-state index < -0.39 is 0 Å². The molecule has 0 saturated heterocycles. The van der Waals surface area contributed by atoms with Gasteiger partial charge in [-0.05, 0) is 85.1 Å². The molecule has 0 unspecified atom stereocenters. The summed E-state index contributed by atoms with van der Waals surface area (Å²) in [6, 6.07) is 18.5. The second kappa shape index (κ2) is 14.2. The predicted octanol–water partition coefficient (Wildman–Crippen LogP) is 10.2. The molecule has 3 aromatic rings. The van der Waals surface area contributed by atoms with Crippen LogP contribution in [0.4, 0.5) is 4.39 Å². The first-order valence-corrected chi connectivity index (χ1v) is 14.6. The number of benzene rings is 3. The van der Waals surface area contributed by atoms with E-state index in [1.807, 2.05) is 18.2 Å². The smallest absolute Gasteiger partial charge is 0.146 e. The maximum absolute atomic E-state index is 15.3. The fourth-order valence-electron chi connectivity index (χ4n) is 5.78. The molecule has 0 spiro atoms. The highest BCUT2D eigenvalue weighted by atomic mass is 19.1. The molecule has 0 N–H and O–H groups in total. The first-order chi connectivity index (χ1) is 18.2. The molecule has 0 radical (unpaired) electrons. The van der Waals surface area contributed by atoms with Crippen molar-refractivity contribution in [3.05, 3.63) is 95.3 Å². The van der Waals surface area contributed by atoms with Gasteiger partial charge in [0.2, 0.25) is 0 Å². The molecule has 1 saturated carbocycles. The Morgan fingerprint density at radius 1 is 0.811 bits per heavy atom. The van der Waals surface area contributed by atoms with Crippen LogP contribution in [0.1, 0.15) is 99.8 Å². The van der Waals surface area contributed by atoms with Crippen LogP contribution in [0.15, 0.2) is 67.3 Å². The van der Waals surface area contributed by atoms with Crippen LogP contribution in [0, 0.1) is 29.5 Å². The Morgan fingerprint density at radius 2 is 1.54 bits per heavy atom. The SMILES string of the molecule is C=CCCC1CCC(CCc2ccc3c(F)c(C#Cc4ccc(CCCCCC)cc4)ccc3c2)CC1. The molecule has 0 atom stereocenters. The molecule has 3 aromatic carbocycles. The third kappa shape index (κ3) is 8.07. The van der Waals surface area contributed by atoms with Crippen molar-refractivity contribution in [3.8, 4) is 11.8 Å². The summed E-state index contributed by atoms with van der Waals surface area (Å²) in [7, 11) is 0. The van der Waals surface area contributed by atoms with Gasteiger partial charge in [0.25, 0.3) is 0 Å². The minimum absolute atomic E-state index is 0.207. The Morgan fingerprint density at radius 3 is 2.27 bits per heavy atom. The van der Waals surface area contributed by atoms with Gasteiger partial charge in [0.05, 0.1) is 5.56 Å². The lowest BCUT2D eigenvalue weighted by Gasteiger charge is -2.28. The monoisotopic (exact) mass is 494 g/mol. The van der Waals surface area contributed by atoms with E-state index in [2.05, 4.69) is 67.8 Å². The van der Waals surface area contributed by atoms with E-state index in [4.69, 9.17) is 0 Å². The highest BCUT2D eigenvalue weighted by Gasteiger charge is 2.20. The number of hydrogen-bond donors (Lipinski definition) is 0. The van der Waals surface area contributed by atoms with E-state index in [0.29, 0.717) is 10.9 Å². The normalized spacial score (nSPS) is 17.4. The molecule has 0 aromatic heterocycles. The summed E-state index contributed by atoms with van der Waals surface area (Å²) < 4.78 is 15.3. The second-order valence-corrected chi connectivity index (χ2v) is 11.0. The second-order valence-electron chi connectivity index (χ2n) is 11.0. The lowest BCUT2D eigenvalue weighted by atomic mass is 9.78. The molecule has 1 heteroatoms. The van der Waals surface area contributed by atoms with Crippen LogP contribution in [0.3, 0.4) is 0 Å². The highest BCUT2D eigenvalue weighted by molar-refractivity contribution is 5.85. The van der Waals surface area contributed by atoms with Gasteiger partial charge in [0.1, 0.15) is 5.82 Å². The van der Waals surface area contributed by atoms with E-state index in [1.165, 1.54) is 75.3 Å². The van der Waals surface area contributed by atoms with Gasteiger partial charge in [-0.1, -0.05) is 106 Å². The largest absolute Gasteiger partial charge is 0.205 e. The summed E-state index contributed by atoms with van der Waals surface area (Å²) in [5.74, 6) is 7.75. The number of unbranched alkanes of at least 4 members (excludes halogenated alkanes) is 3. The first-order valence-electron chi connectivity index (χ1n) is 14.6. The van der Waals surface area contributed by atoms with E-state index in [9.17, 15) is 0 Å². The van der Waals surface area contributed by atoms with Crippen molar-refractivity contribution in [3.63, 3.8) is 0 Å². The van der Waals surface area contributed by atoms with E-state index in [0.717, 1.165) is 42.0 Å². The minimum Gasteiger partial charge on any atom is -0.205 e. The minimum atomic E-state index is -0.207. The number of fused-ring (bicyclic) bond motifs is 1. The van der Waals surface area contributed by atoms with Crippen molar-refractivity contribution < 1.29 is 4.39 Å². The summed E-state index contributed by atoms with van der Waals surface area (Å²) in [4.78, 5) is 0. The average molecular weight is 495 g/mol. The van der Waals surface area contributed by atoms with Crippen molar-refractivity contribution in [1.29, 1.82) is 0 Å². The molecule has 1 fully saturated rings. The summed E-state index contributed by atoms with van der Waals surface area (Å²) in [5.41, 5.74) is 4.07. The van der Waals surface area contributed by atoms with Crippen LogP contribution >= 0.6 is 0 Å². The van der Waals surface area contributed by atoms with Gasteiger partial charge in [0.15, 0.2) is 0 Å². The van der Waals surface area contributed by atoms with Crippen LogP contribution in [-0.4, -0.2) is 0 Å². The first kappa shape index (κ1) is 27.2. The number of rotatable bonds is 11. The van der Waals surface area contributed by atoms with Gasteiger partial charge in [-0.15, -0.1) is 6.58 Å². The Labute approximate surface area is 224 Å². The Kier molecular flexibility index (Phi) is 10.4. The molecule has 1 aliphatic rings. The van der Waals surface area contributed by atoms with Gasteiger partial charge in [0, 0.05) is 10.9 Å². The zero-order valence-corrected chi connectivity index (χ0v) is 22.7. The molecule has 0 bridgehead atoms. The number of hydrogen-bond acceptors (Lipinski definition) is 0. The number of aryl methyl sites for hydroxylation is 2. The van der Waals surface area contributed by atoms with Gasteiger partial charge in [-0.2, -0.15) is 0 Å². The molecule has 194 valence electrons. The van der Waals surface area contributed by atoms with E-state index >= 15 is 4.39 Å². The van der Waals surface area contributed by atoms with Gasteiger partial charge in [-0.3, -0.25) is 0 Å². The highest BCUT2D eigenvalue weighted by Crippen LogP contribution is 2.34. The van der Waals surface area contributed by atoms with Crippen molar-refractivity contribution in [2.24, 2.45) is 11.8 Å². The summed E-state index contributed by atoms with van der Waals surface area (Å²) in [6.07, 6.45) is 18.5. The maximum Gasteiger partial charge on any atom is 0.146 e. The number of allylic oxidation sites excluding steroid dienone is 1. The summed E-state index contributed by atoms with van der Waals surface area (Å²) >= 11 is 0. The quantitative estimate of drug-likeness (QED) is 0.141. The van der Waals surface area contributed by atoms with E-state index in [-0.39, 0.29) is 5.82 Å². The molecule has 0 heterocycles. The van der Waals surface area contributed by atoms with Gasteiger partial charge < -0.3 is 0 Å². The van der Waals surface area contributed by atoms with Crippen molar-refractivity contribution in [2.45, 2.75) is 90.4 Å². The Balaban J connectivity index is 1.33. The van der Waals surface area contributed by atoms with Crippen molar-refractivity contribution in [2.75, 3.05) is 0 Å². The fourth-order valence-corrected chi connectivity index (χ4v) is 5.78. The van der Waals surface area contributed by atoms with Crippen LogP contribution in [0.2, 0.25) is 0 Å². The third-order valence-corrected chi connectivity index (χ3v) is 8.22. The standard InChI is InChI=1S/C36H43F/c1-3-5-7-8-10-29-13-17-31(18-14-29)21-23-33-24-25-34-27-32(22-26-35(34)36(33)37)20-19-30-15-11-28(12-16-30)9-6-4-2/h4,13-14,17-18,22,24-28,30H,2-3,5-12,15-16,19-20H2,1H3. The Bertz CT molecular complexity index is 1200. The summed E-state index contributed by atoms with van der Waals surface area (Å²) in [5, 5.41) is 1.64. The molecule has 1 aliphatic carbocycles. The lowest BCUT2D eigenvalue weighted by molar-refractivity contribution is 0.254. The van der Waals surface area contributed by atoms with Gasteiger partial charge >= 0.3 is 0 Å². The van der Waals surface area contributed by atoms with Gasteiger partial charge in [-0.25, -0.2) is 4.39 Å². The van der Waals surface area contributed by atoms with Crippen LogP contribution in [-0.2, 0) is 12.8 Å². The third-order valence-electron chi connectivity index (χ3n) is 8.22. The van der Waals surface area contributed by atoms with Crippen LogP contribution in [0.5, 0.6) is 0 Å². The molecule has 4 rings (SSSR count). The molecular weight excluding hydrogens is 451 g/mol. The van der Waals surface area contributed by atoms with Crippen LogP contribution < -0.4 is 0 Å². The Hall–Kier alpha value is -2.85. The topological polar surface area (TPSA) is 0 Å². The summed E-state index contributed by atoms with van der Waals surface area (Å²) in [6.45, 7) is 6.10. The molecule has 0 nitrogen and oxygen atoms in total. The molecule has 0 amide bonds. The van der Waals surface area contributed by atoms with Crippen LogP contribution in [0.25, 0.3) is 10.8 Å². The fraction of sp³-hybridized carbons (Fsp3) is 0.444. The van der Waals surface area contributed by atoms with E-state index in [1.54, 1.807) is 0 Å². The predicted molar refractivity (Wildman–Crippen MR) is 157 cm³/mol. The number of halogens is 1. The maximum atomic E-state index is 15.3. The zero-order valence-electron chi connectivity index (χ0n) is 22.7. The molecule has 37 heavy (non-hydrogen) atoms. The molecule has 0 aliphatic heterocycles. The average Bonchev–Trinajstić information content (AvgIpc) is 2.94. The molecular formula is C36H43F. The van der Waals surface area contributed by atoms with Crippen molar-refractivity contribution in [1.82, 2.24) is 0 Å². The van der Waals surface area contributed by atoms with Crippen molar-refractivity contribution >= 4 is 10.8 Å². The lowest BCUT2D eigenvalue weighted by Crippen LogP contribution is -2.15.